The third-order valence-corrected chi connectivity index (χ3v) is 4.41. The second-order valence-electron chi connectivity index (χ2n) is 6.14. The second-order valence-corrected chi connectivity index (χ2v) is 7.09. The lowest BCUT2D eigenvalue weighted by molar-refractivity contribution is 0.393. The van der Waals surface area contributed by atoms with E-state index in [2.05, 4.69) is 66.0 Å². The molecule has 0 saturated carbocycles. The van der Waals surface area contributed by atoms with Gasteiger partial charge in [0.15, 0.2) is 5.82 Å². The molecule has 2 heterocycles. The van der Waals surface area contributed by atoms with E-state index in [9.17, 15) is 0 Å². The summed E-state index contributed by atoms with van der Waals surface area (Å²) in [5, 5.41) is 17.6. The predicted octanol–water partition coefficient (Wildman–Crippen LogP) is 2.46. The maximum atomic E-state index is 4.13. The van der Waals surface area contributed by atoms with E-state index in [4.69, 9.17) is 0 Å². The molecule has 0 spiro atoms. The molecule has 0 aromatic carbocycles. The van der Waals surface area contributed by atoms with Gasteiger partial charge in [-0.15, -0.1) is 16.4 Å². The largest absolute Gasteiger partial charge is 0.310 e. The van der Waals surface area contributed by atoms with E-state index in [1.54, 1.807) is 11.3 Å². The van der Waals surface area contributed by atoms with Crippen molar-refractivity contribution >= 4 is 11.3 Å². The quantitative estimate of drug-likeness (QED) is 0.852. The fraction of sp³-hybridized carbons (Fsp3) is 0.643. The molecular formula is C14H23N5S. The van der Waals surface area contributed by atoms with Crippen LogP contribution in [-0.2, 0) is 18.5 Å². The van der Waals surface area contributed by atoms with E-state index in [0.717, 1.165) is 18.9 Å². The minimum Gasteiger partial charge on any atom is -0.310 e. The van der Waals surface area contributed by atoms with Crippen molar-refractivity contribution in [2.75, 3.05) is 6.54 Å². The highest BCUT2D eigenvalue weighted by Crippen LogP contribution is 2.29. The van der Waals surface area contributed by atoms with Crippen LogP contribution in [0.1, 0.15) is 38.4 Å². The van der Waals surface area contributed by atoms with Gasteiger partial charge in [0.1, 0.15) is 0 Å². The molecule has 0 radical (unpaired) electrons. The van der Waals surface area contributed by atoms with Crippen LogP contribution in [0.5, 0.6) is 0 Å². The molecule has 0 fully saturated rings. The molecule has 2 aromatic heterocycles. The third-order valence-electron chi connectivity index (χ3n) is 3.18. The van der Waals surface area contributed by atoms with Gasteiger partial charge in [0.05, 0.1) is 13.1 Å². The van der Waals surface area contributed by atoms with Gasteiger partial charge in [-0.2, -0.15) is 0 Å². The maximum absolute atomic E-state index is 4.13. The Morgan fingerprint density at radius 3 is 2.85 bits per heavy atom. The minimum atomic E-state index is 0.0380. The Labute approximate surface area is 124 Å². The average Bonchev–Trinajstić information content (AvgIpc) is 3.00. The first-order valence-electron chi connectivity index (χ1n) is 6.99. The minimum absolute atomic E-state index is 0.0380. The predicted molar refractivity (Wildman–Crippen MR) is 81.7 cm³/mol. The average molecular weight is 293 g/mol. The summed E-state index contributed by atoms with van der Waals surface area (Å²) in [4.78, 5) is 1.36. The number of rotatable bonds is 7. The van der Waals surface area contributed by atoms with E-state index >= 15 is 0 Å². The molecule has 0 bridgehead atoms. The van der Waals surface area contributed by atoms with Gasteiger partial charge in [-0.25, -0.2) is 4.68 Å². The Bertz CT molecular complexity index is 515. The third kappa shape index (κ3) is 3.86. The first kappa shape index (κ1) is 15.1. The molecule has 2 rings (SSSR count). The lowest BCUT2D eigenvalue weighted by atomic mass is 9.91. The van der Waals surface area contributed by atoms with Crippen molar-refractivity contribution in [2.24, 2.45) is 5.92 Å². The molecule has 0 saturated heterocycles. The smallest absolute Gasteiger partial charge is 0.165 e. The lowest BCUT2D eigenvalue weighted by Gasteiger charge is -2.23. The molecular weight excluding hydrogens is 270 g/mol. The van der Waals surface area contributed by atoms with Crippen LogP contribution >= 0.6 is 11.3 Å². The van der Waals surface area contributed by atoms with Crippen molar-refractivity contribution in [3.05, 3.63) is 28.2 Å². The lowest BCUT2D eigenvalue weighted by Crippen LogP contribution is -2.27. The zero-order valence-electron chi connectivity index (χ0n) is 12.6. The molecule has 2 aromatic rings. The topological polar surface area (TPSA) is 55.6 Å². The number of aromatic nitrogens is 4. The van der Waals surface area contributed by atoms with Gasteiger partial charge in [0, 0.05) is 10.3 Å². The number of tetrazole rings is 1. The van der Waals surface area contributed by atoms with Crippen molar-refractivity contribution in [3.8, 4) is 0 Å². The Morgan fingerprint density at radius 2 is 2.20 bits per heavy atom. The van der Waals surface area contributed by atoms with Gasteiger partial charge in [0.25, 0.3) is 0 Å². The fourth-order valence-corrected chi connectivity index (χ4v) is 2.91. The first-order valence-corrected chi connectivity index (χ1v) is 7.87. The summed E-state index contributed by atoms with van der Waals surface area (Å²) in [5.41, 5.74) is 0.0380. The Hall–Kier alpha value is -1.27. The van der Waals surface area contributed by atoms with Crippen molar-refractivity contribution < 1.29 is 0 Å². The highest BCUT2D eigenvalue weighted by Gasteiger charge is 2.24. The Balaban J connectivity index is 2.01. The van der Waals surface area contributed by atoms with E-state index in [1.165, 1.54) is 4.88 Å². The highest BCUT2D eigenvalue weighted by atomic mass is 32.1. The normalized spacial score (nSPS) is 12.2. The van der Waals surface area contributed by atoms with Crippen molar-refractivity contribution in [1.82, 2.24) is 25.5 Å². The van der Waals surface area contributed by atoms with Crippen molar-refractivity contribution in [1.29, 1.82) is 0 Å². The molecule has 1 N–H and O–H groups in total. The molecule has 6 heteroatoms. The molecule has 110 valence electrons. The summed E-state index contributed by atoms with van der Waals surface area (Å²) in [5.74, 6) is 1.53. The van der Waals surface area contributed by atoms with Crippen LogP contribution in [0.25, 0.3) is 0 Å². The molecule has 0 amide bonds. The monoisotopic (exact) mass is 293 g/mol. The number of nitrogens with zero attached hydrogens (tertiary/aromatic N) is 4. The summed E-state index contributed by atoms with van der Waals surface area (Å²) in [6, 6.07) is 4.26. The summed E-state index contributed by atoms with van der Waals surface area (Å²) in [6.07, 6.45) is 0. The molecule has 0 aliphatic heterocycles. The van der Waals surface area contributed by atoms with Crippen LogP contribution in [0.4, 0.5) is 0 Å². The van der Waals surface area contributed by atoms with Gasteiger partial charge in [0.2, 0.25) is 0 Å². The number of hydrogen-bond acceptors (Lipinski definition) is 5. The molecule has 20 heavy (non-hydrogen) atoms. The van der Waals surface area contributed by atoms with Crippen LogP contribution in [0.2, 0.25) is 0 Å². The standard InChI is InChI=1S/C14H23N5S/c1-11(2)8-15-9-13-16-17-18-19(13)10-14(3,4)12-6-5-7-20-12/h5-7,11,15H,8-10H2,1-4H3. The zero-order valence-corrected chi connectivity index (χ0v) is 13.4. The maximum Gasteiger partial charge on any atom is 0.165 e. The van der Waals surface area contributed by atoms with Gasteiger partial charge in [-0.1, -0.05) is 33.8 Å². The molecule has 0 aliphatic carbocycles. The van der Waals surface area contributed by atoms with Crippen LogP contribution in [0, 0.1) is 5.92 Å². The number of hydrogen-bond donors (Lipinski definition) is 1. The van der Waals surface area contributed by atoms with Gasteiger partial charge >= 0.3 is 0 Å². The molecule has 0 unspecified atom stereocenters. The summed E-state index contributed by atoms with van der Waals surface area (Å²) in [7, 11) is 0. The molecule has 0 atom stereocenters. The highest BCUT2D eigenvalue weighted by molar-refractivity contribution is 7.10. The SMILES string of the molecule is CC(C)CNCc1nnnn1CC(C)(C)c1cccs1. The summed E-state index contributed by atoms with van der Waals surface area (Å²) in [6.45, 7) is 11.3. The van der Waals surface area contributed by atoms with Gasteiger partial charge < -0.3 is 5.32 Å². The van der Waals surface area contributed by atoms with Crippen molar-refractivity contribution in [3.63, 3.8) is 0 Å². The Kier molecular flexibility index (Phi) is 4.88. The van der Waals surface area contributed by atoms with E-state index in [-0.39, 0.29) is 5.41 Å². The molecule has 5 nitrogen and oxygen atoms in total. The summed E-state index contributed by atoms with van der Waals surface area (Å²) >= 11 is 1.78. The van der Waals surface area contributed by atoms with E-state index < -0.39 is 0 Å². The van der Waals surface area contributed by atoms with Crippen LogP contribution < -0.4 is 5.32 Å². The van der Waals surface area contributed by atoms with Crippen molar-refractivity contribution in [2.45, 2.75) is 46.2 Å². The van der Waals surface area contributed by atoms with E-state index in [1.807, 2.05) is 4.68 Å². The van der Waals surface area contributed by atoms with E-state index in [0.29, 0.717) is 12.5 Å². The number of nitrogens with one attached hydrogen (secondary N) is 1. The van der Waals surface area contributed by atoms with Crippen LogP contribution in [0.3, 0.4) is 0 Å². The Morgan fingerprint density at radius 1 is 1.40 bits per heavy atom. The number of thiophene rings is 1. The van der Waals surface area contributed by atoms with Crippen LogP contribution in [-0.4, -0.2) is 26.8 Å². The second kappa shape index (κ2) is 6.45. The van der Waals surface area contributed by atoms with Gasteiger partial charge in [-0.3, -0.25) is 0 Å². The van der Waals surface area contributed by atoms with Crippen LogP contribution in [0.15, 0.2) is 17.5 Å². The first-order chi connectivity index (χ1) is 9.49. The fourth-order valence-electron chi connectivity index (χ4n) is 2.06. The zero-order chi connectivity index (χ0) is 14.6. The molecule has 0 aliphatic rings. The summed E-state index contributed by atoms with van der Waals surface area (Å²) < 4.78 is 1.91. The van der Waals surface area contributed by atoms with Gasteiger partial charge in [-0.05, 0) is 34.3 Å².